The molecule has 0 atom stereocenters. The van der Waals surface area contributed by atoms with Crippen LogP contribution in [0.4, 0.5) is 0 Å². The maximum Gasteiger partial charge on any atom is 0.246 e. The Hall–Kier alpha value is -2.69. The second-order valence-electron chi connectivity index (χ2n) is 5.07. The average Bonchev–Trinajstić information content (AvgIpc) is 2.64. The smallest absolute Gasteiger partial charge is 0.246 e. The largest absolute Gasteiger partial charge is 0.493 e. The number of ether oxygens (including phenoxy) is 3. The van der Waals surface area contributed by atoms with Gasteiger partial charge in [-0.2, -0.15) is 0 Å². The second-order valence-corrected chi connectivity index (χ2v) is 5.07. The van der Waals surface area contributed by atoms with Gasteiger partial charge in [-0.3, -0.25) is 4.79 Å². The van der Waals surface area contributed by atoms with Crippen molar-refractivity contribution in [2.24, 2.45) is 0 Å². The van der Waals surface area contributed by atoms with Gasteiger partial charge < -0.3 is 19.1 Å². The van der Waals surface area contributed by atoms with Crippen molar-refractivity contribution in [1.82, 2.24) is 4.90 Å². The van der Waals surface area contributed by atoms with Crippen LogP contribution in [0, 0.1) is 0 Å². The highest BCUT2D eigenvalue weighted by atomic mass is 16.5. The molecule has 0 aliphatic heterocycles. The third-order valence-corrected chi connectivity index (χ3v) is 3.62. The van der Waals surface area contributed by atoms with Gasteiger partial charge in [0.15, 0.2) is 11.5 Å². The second kappa shape index (κ2) is 11.0. The van der Waals surface area contributed by atoms with Crippen molar-refractivity contribution in [3.05, 3.63) is 48.1 Å². The highest BCUT2D eigenvalue weighted by Crippen LogP contribution is 2.38. The Bertz CT molecular complexity index is 618. The zero-order chi connectivity index (χ0) is 18.7. The summed E-state index contributed by atoms with van der Waals surface area (Å²) in [7, 11) is 4.75. The van der Waals surface area contributed by atoms with Gasteiger partial charge in [-0.15, -0.1) is 0 Å². The Labute approximate surface area is 150 Å². The van der Waals surface area contributed by atoms with Crippen LogP contribution in [0.5, 0.6) is 17.2 Å². The standard InChI is InChI=1S/C20H27NO4/c1-6-21(7-2)19(22)13-11-9-8-10-12-16-14-17(23-3)20(25-5)18(15-16)24-4/h8-15H,6-7H2,1-5H3/b9-8+,12-10+,13-11+. The summed E-state index contributed by atoms with van der Waals surface area (Å²) < 4.78 is 15.9. The van der Waals surface area contributed by atoms with Gasteiger partial charge in [0.05, 0.1) is 21.3 Å². The fraction of sp³-hybridized carbons (Fsp3) is 0.350. The van der Waals surface area contributed by atoms with E-state index in [9.17, 15) is 4.79 Å². The first-order chi connectivity index (χ1) is 12.1. The highest BCUT2D eigenvalue weighted by molar-refractivity contribution is 5.87. The first-order valence-electron chi connectivity index (χ1n) is 8.21. The van der Waals surface area contributed by atoms with Crippen molar-refractivity contribution in [2.45, 2.75) is 13.8 Å². The van der Waals surface area contributed by atoms with Crippen molar-refractivity contribution < 1.29 is 19.0 Å². The number of carbonyl (C=O) groups is 1. The fourth-order valence-corrected chi connectivity index (χ4v) is 2.27. The maximum atomic E-state index is 11.8. The van der Waals surface area contributed by atoms with Gasteiger partial charge in [0.2, 0.25) is 11.7 Å². The molecule has 0 aromatic heterocycles. The minimum absolute atomic E-state index is 0.0169. The predicted octanol–water partition coefficient (Wildman–Crippen LogP) is 3.71. The van der Waals surface area contributed by atoms with Crippen molar-refractivity contribution in [1.29, 1.82) is 0 Å². The number of carbonyl (C=O) groups excluding carboxylic acids is 1. The number of amides is 1. The van der Waals surface area contributed by atoms with Crippen molar-refractivity contribution >= 4 is 12.0 Å². The number of hydrogen-bond acceptors (Lipinski definition) is 4. The van der Waals surface area contributed by atoms with E-state index in [0.29, 0.717) is 30.3 Å². The first-order valence-corrected chi connectivity index (χ1v) is 8.21. The van der Waals surface area contributed by atoms with Gasteiger partial charge >= 0.3 is 0 Å². The summed E-state index contributed by atoms with van der Waals surface area (Å²) in [5.74, 6) is 1.80. The van der Waals surface area contributed by atoms with Crippen LogP contribution in [-0.4, -0.2) is 45.2 Å². The number of nitrogens with zero attached hydrogens (tertiary/aromatic N) is 1. The molecule has 0 heterocycles. The van der Waals surface area contributed by atoms with E-state index in [4.69, 9.17) is 14.2 Å². The molecule has 0 N–H and O–H groups in total. The third-order valence-electron chi connectivity index (χ3n) is 3.62. The van der Waals surface area contributed by atoms with E-state index in [2.05, 4.69) is 0 Å². The van der Waals surface area contributed by atoms with E-state index in [0.717, 1.165) is 5.56 Å². The number of hydrogen-bond donors (Lipinski definition) is 0. The van der Waals surface area contributed by atoms with Crippen LogP contribution in [0.3, 0.4) is 0 Å². The van der Waals surface area contributed by atoms with Crippen molar-refractivity contribution in [2.75, 3.05) is 34.4 Å². The summed E-state index contributed by atoms with van der Waals surface area (Å²) >= 11 is 0. The minimum atomic E-state index is 0.0169. The molecule has 1 aromatic carbocycles. The third kappa shape index (κ3) is 6.03. The van der Waals surface area contributed by atoms with Gasteiger partial charge in [0.25, 0.3) is 0 Å². The zero-order valence-electron chi connectivity index (χ0n) is 15.6. The summed E-state index contributed by atoms with van der Waals surface area (Å²) in [4.78, 5) is 13.6. The molecule has 1 amide bonds. The summed E-state index contributed by atoms with van der Waals surface area (Å²) in [5, 5.41) is 0. The molecule has 0 aliphatic rings. The molecule has 0 radical (unpaired) electrons. The molecule has 0 unspecified atom stereocenters. The van der Waals surface area contributed by atoms with Crippen LogP contribution in [0.2, 0.25) is 0 Å². The molecule has 0 saturated carbocycles. The van der Waals surface area contributed by atoms with Crippen molar-refractivity contribution in [3.63, 3.8) is 0 Å². The Morgan fingerprint density at radius 2 is 1.48 bits per heavy atom. The van der Waals surface area contributed by atoms with E-state index in [1.165, 1.54) is 0 Å². The predicted molar refractivity (Wildman–Crippen MR) is 101 cm³/mol. The average molecular weight is 345 g/mol. The first kappa shape index (κ1) is 20.4. The SMILES string of the molecule is CCN(CC)C(=O)/C=C/C=C/C=C/c1cc(OC)c(OC)c(OC)c1. The lowest BCUT2D eigenvalue weighted by Gasteiger charge is -2.15. The van der Waals surface area contributed by atoms with Crippen LogP contribution in [0.25, 0.3) is 6.08 Å². The summed E-state index contributed by atoms with van der Waals surface area (Å²) in [5.41, 5.74) is 0.919. The maximum absolute atomic E-state index is 11.8. The molecule has 25 heavy (non-hydrogen) atoms. The molecule has 0 saturated heterocycles. The van der Waals surface area contributed by atoms with Crippen LogP contribution in [0.1, 0.15) is 19.4 Å². The molecule has 0 aliphatic carbocycles. The number of methoxy groups -OCH3 is 3. The van der Waals surface area contributed by atoms with E-state index in [1.54, 1.807) is 38.4 Å². The van der Waals surface area contributed by atoms with Crippen molar-refractivity contribution in [3.8, 4) is 17.2 Å². The minimum Gasteiger partial charge on any atom is -0.493 e. The van der Waals surface area contributed by atoms with E-state index >= 15 is 0 Å². The van der Waals surface area contributed by atoms with Crippen LogP contribution < -0.4 is 14.2 Å². The molecule has 5 heteroatoms. The number of benzene rings is 1. The lowest BCUT2D eigenvalue weighted by atomic mass is 10.1. The lowest BCUT2D eigenvalue weighted by Crippen LogP contribution is -2.28. The topological polar surface area (TPSA) is 48.0 Å². The van der Waals surface area contributed by atoms with E-state index in [1.807, 2.05) is 50.3 Å². The monoisotopic (exact) mass is 345 g/mol. The summed E-state index contributed by atoms with van der Waals surface area (Å²) in [6.45, 7) is 5.35. The lowest BCUT2D eigenvalue weighted by molar-refractivity contribution is -0.125. The van der Waals surface area contributed by atoms with Crippen LogP contribution in [0.15, 0.2) is 42.5 Å². The zero-order valence-corrected chi connectivity index (χ0v) is 15.6. The fourth-order valence-electron chi connectivity index (χ4n) is 2.27. The Morgan fingerprint density at radius 1 is 0.920 bits per heavy atom. The number of rotatable bonds is 9. The van der Waals surface area contributed by atoms with Gasteiger partial charge in [-0.1, -0.05) is 30.4 Å². The Kier molecular flexibility index (Phi) is 8.93. The number of allylic oxidation sites excluding steroid dienone is 4. The van der Waals surface area contributed by atoms with E-state index in [-0.39, 0.29) is 5.91 Å². The molecular weight excluding hydrogens is 318 g/mol. The van der Waals surface area contributed by atoms with Gasteiger partial charge in [0, 0.05) is 19.2 Å². The Balaban J connectivity index is 2.77. The van der Waals surface area contributed by atoms with Crippen LogP contribution in [-0.2, 0) is 4.79 Å². The van der Waals surface area contributed by atoms with Gasteiger partial charge in [-0.05, 0) is 31.5 Å². The quantitative estimate of drug-likeness (QED) is 0.506. The Morgan fingerprint density at radius 3 is 1.96 bits per heavy atom. The molecule has 136 valence electrons. The molecule has 1 rings (SSSR count). The molecule has 0 spiro atoms. The normalized spacial score (nSPS) is 11.4. The highest BCUT2D eigenvalue weighted by Gasteiger charge is 2.11. The van der Waals surface area contributed by atoms with E-state index < -0.39 is 0 Å². The van der Waals surface area contributed by atoms with Crippen LogP contribution >= 0.6 is 0 Å². The summed E-state index contributed by atoms with van der Waals surface area (Å²) in [6, 6.07) is 3.73. The van der Waals surface area contributed by atoms with Gasteiger partial charge in [-0.25, -0.2) is 0 Å². The number of likely N-dealkylation sites (N-methyl/N-ethyl adjacent to an activating group) is 1. The molecule has 0 bridgehead atoms. The molecular formula is C20H27NO4. The molecule has 5 nitrogen and oxygen atoms in total. The molecule has 1 aromatic rings. The van der Waals surface area contributed by atoms with Gasteiger partial charge in [0.1, 0.15) is 0 Å². The molecule has 0 fully saturated rings. The summed E-state index contributed by atoms with van der Waals surface area (Å²) in [6.07, 6.45) is 10.8.